The highest BCUT2D eigenvalue weighted by molar-refractivity contribution is 14.0. The molecule has 0 bridgehead atoms. The van der Waals surface area contributed by atoms with E-state index in [1.165, 1.54) is 13.2 Å². The number of rotatable bonds is 5. The van der Waals surface area contributed by atoms with E-state index in [1.54, 1.807) is 18.3 Å². The summed E-state index contributed by atoms with van der Waals surface area (Å²) >= 11 is 0. The second kappa shape index (κ2) is 10.9. The van der Waals surface area contributed by atoms with Crippen LogP contribution < -0.4 is 16.0 Å². The van der Waals surface area contributed by atoms with Crippen LogP contribution in [0.15, 0.2) is 29.5 Å². The first-order valence-electron chi connectivity index (χ1n) is 8.37. The number of pyridine rings is 1. The van der Waals surface area contributed by atoms with Crippen LogP contribution in [0, 0.1) is 0 Å². The van der Waals surface area contributed by atoms with Gasteiger partial charge in [0.25, 0.3) is 0 Å². The summed E-state index contributed by atoms with van der Waals surface area (Å²) in [6.07, 6.45) is 3.43. The molecular weight excluding hydrogens is 528 g/mol. The Hall–Kier alpha value is -1.68. The molecule has 1 aromatic rings. The largest absolute Gasteiger partial charge is 0.511 e. The molecule has 29 heavy (non-hydrogen) atoms. The Morgan fingerprint density at radius 3 is 2.52 bits per heavy atom. The van der Waals surface area contributed by atoms with Crippen LogP contribution in [-0.2, 0) is 14.8 Å². The average Bonchev–Trinajstić information content (AvgIpc) is 2.65. The summed E-state index contributed by atoms with van der Waals surface area (Å²) in [7, 11) is -3.82. The van der Waals surface area contributed by atoms with E-state index in [2.05, 4.69) is 25.9 Å². The van der Waals surface area contributed by atoms with E-state index in [-0.39, 0.29) is 68.4 Å². The number of aliphatic imine (C=N–C) groups is 1. The lowest BCUT2D eigenvalue weighted by Gasteiger charge is -2.32. The molecule has 164 valence electrons. The second-order valence-electron chi connectivity index (χ2n) is 5.98. The molecule has 0 atom stereocenters. The smallest absolute Gasteiger partial charge is 0.354 e. The Labute approximate surface area is 183 Å². The lowest BCUT2D eigenvalue weighted by atomic mass is 10.1. The van der Waals surface area contributed by atoms with Crippen molar-refractivity contribution in [1.82, 2.24) is 19.9 Å². The van der Waals surface area contributed by atoms with Gasteiger partial charge in [-0.05, 0) is 25.0 Å². The van der Waals surface area contributed by atoms with E-state index in [1.807, 2.05) is 0 Å². The fourth-order valence-corrected chi connectivity index (χ4v) is 3.57. The van der Waals surface area contributed by atoms with Crippen molar-refractivity contribution in [3.05, 3.63) is 24.5 Å². The van der Waals surface area contributed by atoms with Crippen LogP contribution in [0.3, 0.4) is 0 Å². The predicted molar refractivity (Wildman–Crippen MR) is 112 cm³/mol. The summed E-state index contributed by atoms with van der Waals surface area (Å²) in [4.78, 5) is 19.7. The van der Waals surface area contributed by atoms with E-state index < -0.39 is 15.5 Å². The van der Waals surface area contributed by atoms with Crippen molar-refractivity contribution in [3.8, 4) is 0 Å². The number of amides is 1. The first-order chi connectivity index (χ1) is 13.1. The zero-order valence-corrected chi connectivity index (χ0v) is 18.6. The van der Waals surface area contributed by atoms with E-state index in [0.717, 1.165) is 0 Å². The number of aromatic nitrogens is 1. The van der Waals surface area contributed by atoms with Crippen LogP contribution in [0.1, 0.15) is 12.8 Å². The highest BCUT2D eigenvalue weighted by atomic mass is 127. The van der Waals surface area contributed by atoms with Crippen LogP contribution in [0.2, 0.25) is 0 Å². The highest BCUT2D eigenvalue weighted by Crippen LogP contribution is 2.28. The van der Waals surface area contributed by atoms with E-state index in [0.29, 0.717) is 16.0 Å². The number of guanidine groups is 1. The van der Waals surface area contributed by atoms with Gasteiger partial charge in [0.2, 0.25) is 5.91 Å². The van der Waals surface area contributed by atoms with Crippen molar-refractivity contribution in [2.75, 3.05) is 32.0 Å². The summed E-state index contributed by atoms with van der Waals surface area (Å²) < 4.78 is 61.1. The number of carbonyl (C=O) groups excluding carboxylic acids is 1. The van der Waals surface area contributed by atoms with Gasteiger partial charge in [-0.15, -0.1) is 24.0 Å². The number of sulfonamides is 1. The van der Waals surface area contributed by atoms with Crippen molar-refractivity contribution >= 4 is 51.6 Å². The topological polar surface area (TPSA) is 116 Å². The maximum atomic E-state index is 12.6. The number of halogens is 4. The zero-order chi connectivity index (χ0) is 20.8. The molecule has 3 N–H and O–H groups in total. The molecule has 0 saturated carbocycles. The summed E-state index contributed by atoms with van der Waals surface area (Å²) in [5.74, 6) is -0.0412. The maximum absolute atomic E-state index is 12.6. The number of nitrogens with one attached hydrogen (secondary N) is 3. The first-order valence-corrected chi connectivity index (χ1v) is 9.81. The predicted octanol–water partition coefficient (Wildman–Crippen LogP) is 1.12. The van der Waals surface area contributed by atoms with Crippen LogP contribution in [0.4, 0.5) is 18.9 Å². The molecule has 14 heteroatoms. The minimum absolute atomic E-state index is 0. The van der Waals surface area contributed by atoms with Gasteiger partial charge in [-0.2, -0.15) is 17.5 Å². The van der Waals surface area contributed by atoms with Crippen molar-refractivity contribution in [1.29, 1.82) is 0 Å². The van der Waals surface area contributed by atoms with Crippen LogP contribution in [0.25, 0.3) is 0 Å². The molecular formula is C15H22F3IN6O3S. The Morgan fingerprint density at radius 2 is 2.00 bits per heavy atom. The van der Waals surface area contributed by atoms with Gasteiger partial charge in [-0.3, -0.25) is 14.8 Å². The quantitative estimate of drug-likeness (QED) is 0.288. The van der Waals surface area contributed by atoms with Crippen LogP contribution in [0.5, 0.6) is 0 Å². The number of hydrogen-bond acceptors (Lipinski definition) is 5. The number of hydrogen-bond donors (Lipinski definition) is 3. The Balaban J connectivity index is 0.00000420. The molecule has 1 aliphatic rings. The number of piperidine rings is 1. The molecule has 1 fully saturated rings. The van der Waals surface area contributed by atoms with Crippen molar-refractivity contribution in [2.24, 2.45) is 4.99 Å². The van der Waals surface area contributed by atoms with Crippen molar-refractivity contribution < 1.29 is 26.4 Å². The first kappa shape index (κ1) is 25.4. The fourth-order valence-electron chi connectivity index (χ4n) is 2.58. The molecule has 1 aromatic heterocycles. The normalized spacial score (nSPS) is 16.6. The molecule has 2 rings (SSSR count). The van der Waals surface area contributed by atoms with Crippen LogP contribution >= 0.6 is 24.0 Å². The molecule has 1 aliphatic heterocycles. The number of nitrogens with zero attached hydrogens (tertiary/aromatic N) is 3. The summed E-state index contributed by atoms with van der Waals surface area (Å²) in [5.41, 5.74) is -4.76. The molecule has 0 aromatic carbocycles. The van der Waals surface area contributed by atoms with Gasteiger partial charge in [-0.25, -0.2) is 8.42 Å². The summed E-state index contributed by atoms with van der Waals surface area (Å²) in [6, 6.07) is 3.09. The monoisotopic (exact) mass is 550 g/mol. The average molecular weight is 550 g/mol. The lowest BCUT2D eigenvalue weighted by molar-refractivity contribution is -0.115. The third-order valence-corrected chi connectivity index (χ3v) is 5.64. The van der Waals surface area contributed by atoms with Crippen LogP contribution in [-0.4, -0.2) is 67.8 Å². The van der Waals surface area contributed by atoms with Crippen molar-refractivity contribution in [3.63, 3.8) is 0 Å². The summed E-state index contributed by atoms with van der Waals surface area (Å²) in [5, 5.41) is 8.41. The Kier molecular flexibility index (Phi) is 9.54. The Bertz CT molecular complexity index is 799. The van der Waals surface area contributed by atoms with Gasteiger partial charge in [0.1, 0.15) is 0 Å². The third-order valence-electron chi connectivity index (χ3n) is 4.01. The lowest BCUT2D eigenvalue weighted by Crippen LogP contribution is -2.52. The molecule has 1 amide bonds. The molecule has 1 saturated heterocycles. The summed E-state index contributed by atoms with van der Waals surface area (Å²) in [6.45, 7) is -0.591. The minimum Gasteiger partial charge on any atom is -0.354 e. The standard InChI is InChI=1S/C15H21F3N6O3S.HI/c1-19-14(21-10-13(25)22-12-3-2-6-20-9-12)23-11-4-7-24(8-5-11)28(26,27)15(16,17)18;/h2-3,6,9,11H,4-5,7-8,10H2,1H3,(H,22,25)(H2,19,21,23);1H. The van der Waals surface area contributed by atoms with Gasteiger partial charge in [0.15, 0.2) is 5.96 Å². The number of alkyl halides is 3. The molecule has 0 spiro atoms. The molecule has 2 heterocycles. The zero-order valence-electron chi connectivity index (χ0n) is 15.4. The molecule has 0 radical (unpaired) electrons. The third kappa shape index (κ3) is 7.26. The molecule has 9 nitrogen and oxygen atoms in total. The second-order valence-corrected chi connectivity index (χ2v) is 7.91. The van der Waals surface area contributed by atoms with Gasteiger partial charge >= 0.3 is 15.5 Å². The Morgan fingerprint density at radius 1 is 1.34 bits per heavy atom. The van der Waals surface area contributed by atoms with Gasteiger partial charge in [-0.1, -0.05) is 0 Å². The molecule has 0 aliphatic carbocycles. The van der Waals surface area contributed by atoms with E-state index in [9.17, 15) is 26.4 Å². The van der Waals surface area contributed by atoms with Gasteiger partial charge in [0, 0.05) is 32.4 Å². The minimum atomic E-state index is -5.31. The number of carbonyl (C=O) groups is 1. The maximum Gasteiger partial charge on any atom is 0.511 e. The van der Waals surface area contributed by atoms with E-state index in [4.69, 9.17) is 0 Å². The van der Waals surface area contributed by atoms with Crippen molar-refractivity contribution in [2.45, 2.75) is 24.4 Å². The fraction of sp³-hybridized carbons (Fsp3) is 0.533. The SMILES string of the molecule is CN=C(NCC(=O)Nc1cccnc1)NC1CCN(S(=O)(=O)C(F)(F)F)CC1.I. The van der Waals surface area contributed by atoms with Gasteiger partial charge < -0.3 is 16.0 Å². The van der Waals surface area contributed by atoms with Gasteiger partial charge in [0.05, 0.1) is 18.4 Å². The van der Waals surface area contributed by atoms with E-state index >= 15 is 0 Å². The molecule has 0 unspecified atom stereocenters. The highest BCUT2D eigenvalue weighted by Gasteiger charge is 2.50. The number of anilines is 1.